The summed E-state index contributed by atoms with van der Waals surface area (Å²) < 4.78 is 24.0. The third kappa shape index (κ3) is 5.00. The highest BCUT2D eigenvalue weighted by Crippen LogP contribution is 2.68. The van der Waals surface area contributed by atoms with Gasteiger partial charge in [0.25, 0.3) is 0 Å². The number of rotatable bonds is 7. The molecule has 6 aliphatic rings. The Balaban J connectivity index is 1.36. The Morgan fingerprint density at radius 2 is 1.76 bits per heavy atom. The summed E-state index contributed by atoms with van der Waals surface area (Å²) >= 11 is 0. The molecule has 12 heteroatoms. The first kappa shape index (κ1) is 39.1. The van der Waals surface area contributed by atoms with Crippen molar-refractivity contribution in [3.8, 4) is 5.75 Å². The average molecular weight is 795 g/mol. The van der Waals surface area contributed by atoms with Crippen LogP contribution in [-0.2, 0) is 45.8 Å². The molecule has 58 heavy (non-hydrogen) atoms. The molecule has 1 spiro atoms. The number of anilines is 1. The summed E-state index contributed by atoms with van der Waals surface area (Å²) in [5.41, 5.74) is -0.0554. The van der Waals surface area contributed by atoms with Crippen LogP contribution in [0, 0.1) is 17.3 Å². The fourth-order valence-electron chi connectivity index (χ4n) is 13.5. The first-order chi connectivity index (χ1) is 27.9. The number of ether oxygens (including phenoxy) is 4. The van der Waals surface area contributed by atoms with Gasteiger partial charge in [0, 0.05) is 90.9 Å². The van der Waals surface area contributed by atoms with Gasteiger partial charge in [0.05, 0.1) is 27.4 Å². The van der Waals surface area contributed by atoms with E-state index in [0.717, 1.165) is 72.3 Å². The van der Waals surface area contributed by atoms with E-state index >= 15 is 4.79 Å². The highest BCUT2D eigenvalue weighted by atomic mass is 16.6. The van der Waals surface area contributed by atoms with Gasteiger partial charge in [0.1, 0.15) is 11.2 Å². The Bertz CT molecular complexity index is 2200. The van der Waals surface area contributed by atoms with Crippen molar-refractivity contribution < 1.29 is 38.4 Å². The minimum absolute atomic E-state index is 0.184. The van der Waals surface area contributed by atoms with Crippen molar-refractivity contribution >= 4 is 34.5 Å². The van der Waals surface area contributed by atoms with Gasteiger partial charge in [-0.1, -0.05) is 50.6 Å². The Kier molecular flexibility index (Phi) is 9.33. The molecule has 310 valence electrons. The summed E-state index contributed by atoms with van der Waals surface area (Å²) in [6.07, 6.45) is 7.33. The van der Waals surface area contributed by atoms with Gasteiger partial charge in [0.15, 0.2) is 6.10 Å². The van der Waals surface area contributed by atoms with Crippen LogP contribution < -0.4 is 9.64 Å². The average Bonchev–Trinajstić information content (AvgIpc) is 3.89. The Labute approximate surface area is 340 Å². The minimum atomic E-state index is -2.27. The molecular formula is C46H58N4O8. The number of para-hydroxylation sites is 1. The molecule has 6 heterocycles. The third-order valence-corrected chi connectivity index (χ3v) is 15.5. The van der Waals surface area contributed by atoms with E-state index < -0.39 is 45.9 Å². The molecule has 0 amide bonds. The first-order valence-corrected chi connectivity index (χ1v) is 21.2. The first-order valence-electron chi connectivity index (χ1n) is 21.2. The number of hydrogen-bond donors (Lipinski definition) is 2. The van der Waals surface area contributed by atoms with Gasteiger partial charge in [-0.15, -0.1) is 0 Å². The molecule has 1 saturated carbocycles. The van der Waals surface area contributed by atoms with E-state index in [1.165, 1.54) is 21.1 Å². The summed E-state index contributed by atoms with van der Waals surface area (Å²) in [5, 5.41) is 14.4. The smallest absolute Gasteiger partial charge is 0.344 e. The predicted octanol–water partition coefficient (Wildman–Crippen LogP) is 4.88. The van der Waals surface area contributed by atoms with Gasteiger partial charge < -0.3 is 38.8 Å². The number of esters is 3. The summed E-state index contributed by atoms with van der Waals surface area (Å²) in [5.74, 6) is -0.578. The standard InChI is InChI=1S/C46H58N4O8/c1-8-28-21-29-24-45(41(52)56-6,37-31(15-19-49(25-28)26-29)30-13-10-11-14-34(30)47-37)33-22-32-35(23-36(33)55-5)48(4)39-44(32)17-20-50-18-12-16-43(9-2,38(44)50)40(58-27(3)51)46(39,54)42(53)57-7/h10-14,16,22-23,28-29,38-40,47,54H,8-9,15,17-21,24-26H2,1-7H3/t28-,29-,38+,39+,40-,43-,44-,45-,46-/m1/s1. The van der Waals surface area contributed by atoms with Crippen LogP contribution in [0.15, 0.2) is 48.6 Å². The number of aromatic amines is 1. The van der Waals surface area contributed by atoms with Crippen molar-refractivity contribution in [1.82, 2.24) is 14.8 Å². The topological polar surface area (TPSA) is 134 Å². The van der Waals surface area contributed by atoms with E-state index in [-0.39, 0.29) is 17.9 Å². The maximum atomic E-state index is 15.3. The Hall–Kier alpha value is -4.39. The molecule has 1 aromatic heterocycles. The lowest BCUT2D eigenvalue weighted by Gasteiger charge is -2.63. The maximum absolute atomic E-state index is 15.3. The number of hydrogen-bond acceptors (Lipinski definition) is 11. The number of fused-ring (bicyclic) bond motifs is 6. The fraction of sp³-hybridized carbons (Fsp3) is 0.587. The van der Waals surface area contributed by atoms with E-state index in [4.69, 9.17) is 18.9 Å². The molecule has 2 bridgehead atoms. The van der Waals surface area contributed by atoms with Crippen molar-refractivity contribution in [1.29, 1.82) is 0 Å². The van der Waals surface area contributed by atoms with Gasteiger partial charge in [0.2, 0.25) is 5.60 Å². The van der Waals surface area contributed by atoms with Gasteiger partial charge >= 0.3 is 17.9 Å². The second-order valence-electron chi connectivity index (χ2n) is 18.0. The van der Waals surface area contributed by atoms with E-state index in [2.05, 4.69) is 58.1 Å². The number of methoxy groups -OCH3 is 3. The number of aromatic nitrogens is 1. The molecule has 5 aliphatic heterocycles. The molecule has 10 atom stereocenters. The van der Waals surface area contributed by atoms with Gasteiger partial charge in [-0.25, -0.2) is 4.79 Å². The molecule has 3 fully saturated rings. The van der Waals surface area contributed by atoms with E-state index in [9.17, 15) is 14.7 Å². The highest BCUT2D eigenvalue weighted by Gasteiger charge is 2.80. The van der Waals surface area contributed by atoms with E-state index in [1.807, 2.05) is 31.0 Å². The fourth-order valence-corrected chi connectivity index (χ4v) is 13.5. The van der Waals surface area contributed by atoms with Crippen molar-refractivity contribution in [2.24, 2.45) is 17.3 Å². The number of nitrogens with one attached hydrogen (secondary N) is 1. The molecular weight excluding hydrogens is 737 g/mol. The minimum Gasteiger partial charge on any atom is -0.496 e. The quantitative estimate of drug-likeness (QED) is 0.193. The van der Waals surface area contributed by atoms with Crippen molar-refractivity contribution in [2.45, 2.75) is 93.9 Å². The van der Waals surface area contributed by atoms with Gasteiger partial charge in [-0.2, -0.15) is 0 Å². The molecule has 1 unspecified atom stereocenters. The Morgan fingerprint density at radius 3 is 2.47 bits per heavy atom. The number of nitrogens with zero attached hydrogens (tertiary/aromatic N) is 3. The zero-order valence-corrected chi connectivity index (χ0v) is 34.9. The number of piperidine rings is 1. The molecule has 0 radical (unpaired) electrons. The predicted molar refractivity (Wildman–Crippen MR) is 219 cm³/mol. The van der Waals surface area contributed by atoms with Crippen LogP contribution in [0.25, 0.3) is 10.9 Å². The highest BCUT2D eigenvalue weighted by molar-refractivity contribution is 5.95. The summed E-state index contributed by atoms with van der Waals surface area (Å²) in [7, 11) is 6.28. The number of aliphatic hydroxyl groups is 1. The lowest BCUT2D eigenvalue weighted by Crippen LogP contribution is -2.81. The second-order valence-corrected chi connectivity index (χ2v) is 18.0. The summed E-state index contributed by atoms with van der Waals surface area (Å²) in [6.45, 7) is 9.79. The van der Waals surface area contributed by atoms with Gasteiger partial charge in [-0.3, -0.25) is 14.5 Å². The van der Waals surface area contributed by atoms with Crippen LogP contribution in [0.1, 0.15) is 75.3 Å². The lowest BCUT2D eigenvalue weighted by atomic mass is 9.47. The molecule has 1 aliphatic carbocycles. The Morgan fingerprint density at radius 1 is 0.983 bits per heavy atom. The van der Waals surface area contributed by atoms with Crippen molar-refractivity contribution in [2.75, 3.05) is 66.0 Å². The third-order valence-electron chi connectivity index (χ3n) is 15.5. The van der Waals surface area contributed by atoms with E-state index in [1.54, 1.807) is 7.11 Å². The van der Waals surface area contributed by atoms with Crippen LogP contribution >= 0.6 is 0 Å². The maximum Gasteiger partial charge on any atom is 0.344 e. The summed E-state index contributed by atoms with van der Waals surface area (Å²) in [6, 6.07) is 11.3. The number of likely N-dealkylation sites (N-methyl/N-ethyl adjacent to an activating group) is 1. The molecule has 9 rings (SSSR count). The van der Waals surface area contributed by atoms with Crippen LogP contribution in [-0.4, -0.2) is 123 Å². The van der Waals surface area contributed by atoms with E-state index in [0.29, 0.717) is 49.6 Å². The number of benzene rings is 2. The van der Waals surface area contributed by atoms with Crippen molar-refractivity contribution in [3.63, 3.8) is 0 Å². The molecule has 2 aromatic carbocycles. The monoisotopic (exact) mass is 794 g/mol. The van der Waals surface area contributed by atoms with Crippen LogP contribution in [0.2, 0.25) is 0 Å². The lowest BCUT2D eigenvalue weighted by molar-refractivity contribution is -0.228. The molecule has 12 nitrogen and oxygen atoms in total. The number of carbonyl (C=O) groups is 3. The number of H-pyrrole nitrogens is 1. The number of carbonyl (C=O) groups excluding carboxylic acids is 3. The zero-order chi connectivity index (χ0) is 40.9. The summed E-state index contributed by atoms with van der Waals surface area (Å²) in [4.78, 5) is 53.5. The largest absolute Gasteiger partial charge is 0.496 e. The van der Waals surface area contributed by atoms with Gasteiger partial charge in [-0.05, 0) is 73.7 Å². The molecule has 2 saturated heterocycles. The normalized spacial score (nSPS) is 36.1. The van der Waals surface area contributed by atoms with Crippen LogP contribution in [0.3, 0.4) is 0 Å². The zero-order valence-electron chi connectivity index (χ0n) is 34.9. The SMILES string of the molecule is CC[C@@H]1C[C@H]2CN(CCc3c([nH]c4ccccc34)[C@](C(=O)OC)(c3cc4c(cc3OC)N(C)[C@@H]3[C@](O)(C(=O)OC)[C@H](OC(C)=O)[C@]5(CC)C=CCN6CC[C@]43[C@@H]65)C2)C1. The van der Waals surface area contributed by atoms with Crippen LogP contribution in [0.5, 0.6) is 5.75 Å². The molecule has 2 N–H and O–H groups in total. The molecule has 3 aromatic rings. The second kappa shape index (κ2) is 13.8. The van der Waals surface area contributed by atoms with Crippen molar-refractivity contribution in [3.05, 3.63) is 70.9 Å². The van der Waals surface area contributed by atoms with Crippen LogP contribution in [0.4, 0.5) is 5.69 Å².